The maximum absolute atomic E-state index is 13.6. The standard InChI is InChI=1S/C33H38N4O6/c1-43-29-12-10-22-19-25(29)31(40)35-14-5-17-37(33(42)26-20-23-6-2-3-7-27(23)36-32(26)41)16-4-8-30(39)34-15-13-21-9-11-28(38)24(22)18-21/h9-12,18-20,38H,2-8,13-17H2,1H3,(H,34,39)(H,35,40)(H,36,41). The van der Waals surface area contributed by atoms with Gasteiger partial charge in [0.25, 0.3) is 17.4 Å². The molecule has 10 heteroatoms. The number of phenols is 1. The summed E-state index contributed by atoms with van der Waals surface area (Å²) in [5, 5.41) is 16.4. The van der Waals surface area contributed by atoms with E-state index in [1.165, 1.54) is 7.11 Å². The van der Waals surface area contributed by atoms with E-state index in [0.717, 1.165) is 42.5 Å². The average molecular weight is 587 g/mol. The maximum atomic E-state index is 13.6. The van der Waals surface area contributed by atoms with E-state index < -0.39 is 5.56 Å². The maximum Gasteiger partial charge on any atom is 0.261 e. The lowest BCUT2D eigenvalue weighted by molar-refractivity contribution is -0.121. The Labute approximate surface area is 250 Å². The van der Waals surface area contributed by atoms with Crippen LogP contribution in [-0.4, -0.2) is 66.0 Å². The number of hydrogen-bond donors (Lipinski definition) is 4. The van der Waals surface area contributed by atoms with E-state index in [1.807, 2.05) is 6.07 Å². The lowest BCUT2D eigenvalue weighted by Gasteiger charge is -2.24. The smallest absolute Gasteiger partial charge is 0.261 e. The minimum atomic E-state index is -0.395. The molecule has 0 atom stereocenters. The van der Waals surface area contributed by atoms with Crippen LogP contribution < -0.4 is 20.9 Å². The second-order valence-electron chi connectivity index (χ2n) is 11.1. The van der Waals surface area contributed by atoms with Crippen molar-refractivity contribution in [1.82, 2.24) is 20.5 Å². The molecule has 0 saturated heterocycles. The third-order valence-electron chi connectivity index (χ3n) is 8.13. The predicted molar refractivity (Wildman–Crippen MR) is 163 cm³/mol. The van der Waals surface area contributed by atoms with Crippen molar-refractivity contribution in [2.45, 2.75) is 51.4 Å². The number of nitrogens with zero attached hydrogens (tertiary/aromatic N) is 1. The van der Waals surface area contributed by atoms with E-state index in [0.29, 0.717) is 61.3 Å². The number of aromatic nitrogens is 1. The molecule has 3 amide bonds. The molecule has 0 saturated carbocycles. The Bertz CT molecular complexity index is 1580. The average Bonchev–Trinajstić information content (AvgIpc) is 3.01. The molecule has 43 heavy (non-hydrogen) atoms. The number of fused-ring (bicyclic) bond motifs is 6. The monoisotopic (exact) mass is 586 g/mol. The van der Waals surface area contributed by atoms with Crippen molar-refractivity contribution in [1.29, 1.82) is 0 Å². The summed E-state index contributed by atoms with van der Waals surface area (Å²) < 4.78 is 5.44. The number of nitrogens with one attached hydrogen (secondary N) is 3. The lowest BCUT2D eigenvalue weighted by atomic mass is 9.95. The molecule has 0 fully saturated rings. The summed E-state index contributed by atoms with van der Waals surface area (Å²) in [6, 6.07) is 12.1. The first-order chi connectivity index (χ1) is 20.8. The highest BCUT2D eigenvalue weighted by Crippen LogP contribution is 2.33. The van der Waals surface area contributed by atoms with E-state index in [9.17, 15) is 24.3 Å². The highest BCUT2D eigenvalue weighted by Gasteiger charge is 2.23. The molecule has 4 bridgehead atoms. The van der Waals surface area contributed by atoms with E-state index in [2.05, 4.69) is 15.6 Å². The van der Waals surface area contributed by atoms with Crippen LogP contribution in [0, 0.1) is 0 Å². The first kappa shape index (κ1) is 29.9. The summed E-state index contributed by atoms with van der Waals surface area (Å²) in [4.78, 5) is 56.8. The normalized spacial score (nSPS) is 16.5. The second kappa shape index (κ2) is 13.6. The SMILES string of the molecule is COc1ccc2cc1C(=O)NCCCN(C(=O)c1cc3c([nH]c1=O)CCCC3)CCCC(=O)NCCc1ccc(O)c-2c1. The Balaban J connectivity index is 1.38. The molecule has 226 valence electrons. The third kappa shape index (κ3) is 7.07. The van der Waals surface area contributed by atoms with Gasteiger partial charge < -0.3 is 30.4 Å². The van der Waals surface area contributed by atoms with E-state index in [1.54, 1.807) is 41.3 Å². The number of methoxy groups -OCH3 is 1. The van der Waals surface area contributed by atoms with E-state index in [-0.39, 0.29) is 42.0 Å². The van der Waals surface area contributed by atoms with Crippen molar-refractivity contribution in [2.75, 3.05) is 33.3 Å². The molecule has 1 aromatic heterocycles. The molecule has 1 aliphatic heterocycles. The van der Waals surface area contributed by atoms with Crippen molar-refractivity contribution in [3.63, 3.8) is 0 Å². The van der Waals surface area contributed by atoms with Crippen LogP contribution in [0.1, 0.15) is 69.6 Å². The van der Waals surface area contributed by atoms with Gasteiger partial charge in [0.05, 0.1) is 12.7 Å². The fourth-order valence-electron chi connectivity index (χ4n) is 5.77. The first-order valence-electron chi connectivity index (χ1n) is 14.9. The van der Waals surface area contributed by atoms with Crippen LogP contribution in [0.5, 0.6) is 11.5 Å². The van der Waals surface area contributed by atoms with Gasteiger partial charge in [0.1, 0.15) is 17.1 Å². The molecule has 2 heterocycles. The zero-order valence-corrected chi connectivity index (χ0v) is 24.5. The number of H-pyrrole nitrogens is 1. The van der Waals surface area contributed by atoms with Crippen LogP contribution in [0.3, 0.4) is 0 Å². The fraction of sp³-hybridized carbons (Fsp3) is 0.394. The van der Waals surface area contributed by atoms with Crippen LogP contribution in [-0.2, 0) is 24.1 Å². The number of aromatic hydroxyl groups is 1. The Morgan fingerprint density at radius 1 is 0.837 bits per heavy atom. The number of pyridine rings is 1. The van der Waals surface area contributed by atoms with Crippen LogP contribution >= 0.6 is 0 Å². The van der Waals surface area contributed by atoms with Gasteiger partial charge >= 0.3 is 0 Å². The van der Waals surface area contributed by atoms with Crippen molar-refractivity contribution < 1.29 is 24.2 Å². The minimum absolute atomic E-state index is 0.0812. The van der Waals surface area contributed by atoms with Gasteiger partial charge in [0, 0.05) is 43.9 Å². The number of ether oxygens (including phenoxy) is 1. The molecule has 2 aliphatic rings. The predicted octanol–water partition coefficient (Wildman–Crippen LogP) is 3.35. The summed E-state index contributed by atoms with van der Waals surface area (Å²) in [5.41, 5.74) is 4.09. The number of carbonyl (C=O) groups excluding carboxylic acids is 3. The molecule has 10 nitrogen and oxygen atoms in total. The zero-order valence-electron chi connectivity index (χ0n) is 24.5. The summed E-state index contributed by atoms with van der Waals surface area (Å²) >= 11 is 0. The van der Waals surface area contributed by atoms with Crippen molar-refractivity contribution >= 4 is 17.7 Å². The van der Waals surface area contributed by atoms with Crippen LogP contribution in [0.15, 0.2) is 47.3 Å². The quantitative estimate of drug-likeness (QED) is 0.363. The lowest BCUT2D eigenvalue weighted by Crippen LogP contribution is -2.38. The minimum Gasteiger partial charge on any atom is -0.507 e. The molecule has 0 radical (unpaired) electrons. The molecule has 0 unspecified atom stereocenters. The van der Waals surface area contributed by atoms with Gasteiger partial charge in [0.2, 0.25) is 5.91 Å². The molecule has 3 aromatic rings. The fourth-order valence-corrected chi connectivity index (χ4v) is 5.77. The van der Waals surface area contributed by atoms with Gasteiger partial charge in [-0.1, -0.05) is 12.1 Å². The molecule has 4 N–H and O–H groups in total. The summed E-state index contributed by atoms with van der Waals surface area (Å²) in [6.45, 7) is 1.28. The van der Waals surface area contributed by atoms with Crippen LogP contribution in [0.25, 0.3) is 11.1 Å². The number of hydrogen-bond acceptors (Lipinski definition) is 6. The first-order valence-corrected chi connectivity index (χ1v) is 14.9. The number of aromatic amines is 1. The van der Waals surface area contributed by atoms with Crippen molar-refractivity contribution in [3.8, 4) is 22.6 Å². The Morgan fingerprint density at radius 2 is 1.65 bits per heavy atom. The Morgan fingerprint density at radius 3 is 2.49 bits per heavy atom. The van der Waals surface area contributed by atoms with E-state index in [4.69, 9.17) is 4.74 Å². The van der Waals surface area contributed by atoms with Crippen LogP contribution in [0.4, 0.5) is 0 Å². The number of phenolic OH excluding ortho intramolecular Hbond substituents is 1. The van der Waals surface area contributed by atoms with Crippen molar-refractivity contribution in [2.24, 2.45) is 0 Å². The number of aryl methyl sites for hydroxylation is 2. The summed E-state index contributed by atoms with van der Waals surface area (Å²) in [7, 11) is 1.49. The number of carbonyl (C=O) groups is 3. The van der Waals surface area contributed by atoms with Gasteiger partial charge in [-0.25, -0.2) is 0 Å². The van der Waals surface area contributed by atoms with Gasteiger partial charge in [-0.15, -0.1) is 0 Å². The number of amides is 3. The van der Waals surface area contributed by atoms with Gasteiger partial charge in [-0.3, -0.25) is 19.2 Å². The van der Waals surface area contributed by atoms with Crippen LogP contribution in [0.2, 0.25) is 0 Å². The molecular weight excluding hydrogens is 548 g/mol. The summed E-state index contributed by atoms with van der Waals surface area (Å²) in [6.07, 6.45) is 5.31. The highest BCUT2D eigenvalue weighted by molar-refractivity contribution is 5.98. The second-order valence-corrected chi connectivity index (χ2v) is 11.1. The Kier molecular flexibility index (Phi) is 9.44. The molecule has 1 aliphatic carbocycles. The number of rotatable bonds is 2. The molecule has 2 aromatic carbocycles. The molecule has 5 rings (SSSR count). The Hall–Kier alpha value is -4.60. The number of benzene rings is 2. The topological polar surface area (TPSA) is 141 Å². The molecule has 0 spiro atoms. The third-order valence-corrected chi connectivity index (χ3v) is 8.13. The summed E-state index contributed by atoms with van der Waals surface area (Å²) in [5.74, 6) is -0.360. The zero-order chi connectivity index (χ0) is 30.3. The van der Waals surface area contributed by atoms with Gasteiger partial charge in [-0.2, -0.15) is 0 Å². The van der Waals surface area contributed by atoms with Gasteiger partial charge in [0.15, 0.2) is 0 Å². The van der Waals surface area contributed by atoms with Crippen molar-refractivity contribution in [3.05, 3.63) is 80.8 Å². The van der Waals surface area contributed by atoms with Gasteiger partial charge in [-0.05, 0) is 92.0 Å². The highest BCUT2D eigenvalue weighted by atomic mass is 16.5. The molecular formula is C33H38N4O6. The van der Waals surface area contributed by atoms with E-state index >= 15 is 0 Å². The largest absolute Gasteiger partial charge is 0.507 e.